The molecule has 0 unspecified atom stereocenters. The quantitative estimate of drug-likeness (QED) is 0.272. The van der Waals surface area contributed by atoms with Gasteiger partial charge in [-0.1, -0.05) is 13.3 Å². The normalized spacial score (nSPS) is 9.88. The molecule has 34 heavy (non-hydrogen) atoms. The molecule has 0 aliphatic carbocycles. The average Bonchev–Trinajstić information content (AvgIpc) is 3.37. The number of benzene rings is 2. The van der Waals surface area contributed by atoms with Crippen LogP contribution in [0.1, 0.15) is 31.0 Å². The van der Waals surface area contributed by atoms with Crippen LogP contribution in [0, 0.1) is 6.92 Å². The van der Waals surface area contributed by atoms with E-state index in [1.165, 1.54) is 0 Å². The number of imidazole rings is 1. The molecule has 0 aliphatic heterocycles. The van der Waals surface area contributed by atoms with Crippen molar-refractivity contribution in [2.75, 3.05) is 12.4 Å². The topological polar surface area (TPSA) is 82.9 Å². The summed E-state index contributed by atoms with van der Waals surface area (Å²) in [5.41, 5.74) is 11.7. The van der Waals surface area contributed by atoms with Crippen molar-refractivity contribution < 1.29 is 4.74 Å². The molecule has 11 heteroatoms. The lowest BCUT2D eigenvalue weighted by Crippen LogP contribution is -2.01. The van der Waals surface area contributed by atoms with Crippen LogP contribution in [0.5, 0.6) is 5.75 Å². The summed E-state index contributed by atoms with van der Waals surface area (Å²) < 4.78 is 9.62. The lowest BCUT2D eigenvalue weighted by atomic mass is 10.1. The summed E-state index contributed by atoms with van der Waals surface area (Å²) >= 11 is 0. The zero-order valence-corrected chi connectivity index (χ0v) is 22.6. The van der Waals surface area contributed by atoms with Crippen molar-refractivity contribution in [3.8, 4) is 11.4 Å². The second-order valence-electron chi connectivity index (χ2n) is 7.47. The van der Waals surface area contributed by atoms with E-state index in [0.29, 0.717) is 6.54 Å². The second-order valence-corrected chi connectivity index (χ2v) is 7.47. The minimum atomic E-state index is 0. The fourth-order valence-electron chi connectivity index (χ4n) is 3.57. The van der Waals surface area contributed by atoms with Crippen LogP contribution in [0.4, 0.5) is 11.4 Å². The Balaban J connectivity index is 0.00000272. The van der Waals surface area contributed by atoms with Gasteiger partial charge in [0.2, 0.25) is 0 Å². The zero-order chi connectivity index (χ0) is 21.1. The standard InChI is InChI=1S/C23H28N6O.4ClH/c1-4-5-8-29-14-18-9-17(12-24)10-20(23(18)27-29)26-19-6-7-21(22(11-19)30-3)28-13-16(2)25-15-28;;;;/h6-7,9-11,13-15,26H,4-5,8,12,24H2,1-3H3;4*1H. The summed E-state index contributed by atoms with van der Waals surface area (Å²) in [6.45, 7) is 5.54. The van der Waals surface area contributed by atoms with Crippen molar-refractivity contribution in [1.82, 2.24) is 19.3 Å². The molecule has 0 aliphatic rings. The van der Waals surface area contributed by atoms with Crippen molar-refractivity contribution in [1.29, 1.82) is 0 Å². The van der Waals surface area contributed by atoms with E-state index in [1.807, 2.05) is 40.6 Å². The van der Waals surface area contributed by atoms with Gasteiger partial charge in [-0.3, -0.25) is 4.68 Å². The SMILES string of the molecule is CCCCn1cc2cc(CN)cc(Nc3ccc(-n4cnc(C)c4)c(OC)c3)c2n1.Cl.Cl.Cl.Cl. The third kappa shape index (κ3) is 6.93. The molecule has 4 rings (SSSR count). The van der Waals surface area contributed by atoms with Crippen LogP contribution in [0.15, 0.2) is 49.1 Å². The van der Waals surface area contributed by atoms with E-state index in [1.54, 1.807) is 13.4 Å². The Labute approximate surface area is 225 Å². The summed E-state index contributed by atoms with van der Waals surface area (Å²) in [5, 5.41) is 9.41. The molecular weight excluding hydrogens is 518 g/mol. The third-order valence-electron chi connectivity index (χ3n) is 5.14. The van der Waals surface area contributed by atoms with E-state index in [4.69, 9.17) is 15.6 Å². The van der Waals surface area contributed by atoms with Crippen LogP contribution in [-0.2, 0) is 13.1 Å². The predicted molar refractivity (Wildman–Crippen MR) is 150 cm³/mol. The molecule has 4 aromatic rings. The minimum Gasteiger partial charge on any atom is -0.494 e. The number of fused-ring (bicyclic) bond motifs is 1. The number of methoxy groups -OCH3 is 1. The number of hydrogen-bond acceptors (Lipinski definition) is 5. The fourth-order valence-corrected chi connectivity index (χ4v) is 3.57. The molecule has 0 fully saturated rings. The first-order chi connectivity index (χ1) is 14.6. The number of hydrogen-bond donors (Lipinski definition) is 2. The highest BCUT2D eigenvalue weighted by atomic mass is 35.5. The molecule has 0 radical (unpaired) electrons. The Kier molecular flexibility index (Phi) is 13.4. The van der Waals surface area contributed by atoms with Crippen molar-refractivity contribution in [2.45, 2.75) is 39.8 Å². The van der Waals surface area contributed by atoms with Gasteiger partial charge in [0.25, 0.3) is 0 Å². The lowest BCUT2D eigenvalue weighted by molar-refractivity contribution is 0.413. The van der Waals surface area contributed by atoms with Gasteiger partial charge in [-0.2, -0.15) is 5.10 Å². The van der Waals surface area contributed by atoms with E-state index < -0.39 is 0 Å². The van der Waals surface area contributed by atoms with Gasteiger partial charge >= 0.3 is 0 Å². The van der Waals surface area contributed by atoms with E-state index >= 15 is 0 Å². The first kappa shape index (κ1) is 31.8. The average molecular weight is 550 g/mol. The lowest BCUT2D eigenvalue weighted by Gasteiger charge is -2.13. The van der Waals surface area contributed by atoms with E-state index in [0.717, 1.165) is 64.4 Å². The van der Waals surface area contributed by atoms with Crippen LogP contribution in [0.2, 0.25) is 0 Å². The Morgan fingerprint density at radius 2 is 1.82 bits per heavy atom. The smallest absolute Gasteiger partial charge is 0.144 e. The number of aromatic nitrogens is 4. The van der Waals surface area contributed by atoms with Gasteiger partial charge in [0.15, 0.2) is 0 Å². The molecule has 0 spiro atoms. The molecule has 0 amide bonds. The first-order valence-electron chi connectivity index (χ1n) is 10.3. The molecule has 0 saturated heterocycles. The number of nitrogens with two attached hydrogens (primary N) is 1. The van der Waals surface area contributed by atoms with Crippen LogP contribution in [0.3, 0.4) is 0 Å². The van der Waals surface area contributed by atoms with E-state index in [-0.39, 0.29) is 49.6 Å². The number of nitrogens with one attached hydrogen (secondary N) is 1. The van der Waals surface area contributed by atoms with Crippen LogP contribution in [0.25, 0.3) is 16.6 Å². The van der Waals surface area contributed by atoms with Crippen molar-refractivity contribution in [3.05, 3.63) is 60.3 Å². The molecule has 7 nitrogen and oxygen atoms in total. The Bertz CT molecular complexity index is 1180. The molecular formula is C23H32Cl4N6O. The maximum absolute atomic E-state index is 5.94. The maximum atomic E-state index is 5.94. The fraction of sp³-hybridized carbons (Fsp3) is 0.304. The monoisotopic (exact) mass is 548 g/mol. The van der Waals surface area contributed by atoms with Gasteiger partial charge in [-0.25, -0.2) is 4.98 Å². The number of rotatable bonds is 8. The summed E-state index contributed by atoms with van der Waals surface area (Å²) in [7, 11) is 1.68. The van der Waals surface area contributed by atoms with Gasteiger partial charge in [0.05, 0.1) is 30.5 Å². The molecule has 2 heterocycles. The molecule has 2 aromatic carbocycles. The molecule has 188 valence electrons. The molecule has 2 aromatic heterocycles. The van der Waals surface area contributed by atoms with Crippen LogP contribution >= 0.6 is 49.6 Å². The van der Waals surface area contributed by atoms with Gasteiger partial charge in [-0.15, -0.1) is 49.6 Å². The van der Waals surface area contributed by atoms with E-state index in [2.05, 4.69) is 35.6 Å². The number of aryl methyl sites for hydroxylation is 2. The Hall–Kier alpha value is -2.16. The highest BCUT2D eigenvalue weighted by Gasteiger charge is 2.12. The van der Waals surface area contributed by atoms with Crippen molar-refractivity contribution >= 4 is 71.9 Å². The zero-order valence-electron chi connectivity index (χ0n) is 19.4. The molecule has 0 saturated carbocycles. The number of halogens is 4. The second kappa shape index (κ2) is 14.3. The summed E-state index contributed by atoms with van der Waals surface area (Å²) in [5.74, 6) is 0.761. The van der Waals surface area contributed by atoms with Crippen LogP contribution in [-0.4, -0.2) is 26.4 Å². The van der Waals surface area contributed by atoms with E-state index in [9.17, 15) is 0 Å². The first-order valence-corrected chi connectivity index (χ1v) is 10.3. The Morgan fingerprint density at radius 3 is 2.44 bits per heavy atom. The molecule has 3 N–H and O–H groups in total. The molecule has 0 atom stereocenters. The van der Waals surface area contributed by atoms with Crippen molar-refractivity contribution in [2.24, 2.45) is 5.73 Å². The summed E-state index contributed by atoms with van der Waals surface area (Å²) in [6, 6.07) is 10.2. The number of anilines is 2. The molecule has 0 bridgehead atoms. The number of ether oxygens (including phenoxy) is 1. The van der Waals surface area contributed by atoms with Crippen molar-refractivity contribution in [3.63, 3.8) is 0 Å². The third-order valence-corrected chi connectivity index (χ3v) is 5.14. The predicted octanol–water partition coefficient (Wildman–Crippen LogP) is 6.23. The number of unbranched alkanes of at least 4 members (excludes halogenated alkanes) is 1. The highest BCUT2D eigenvalue weighted by Crippen LogP contribution is 2.31. The number of nitrogens with zero attached hydrogens (tertiary/aromatic N) is 4. The minimum absolute atomic E-state index is 0. The maximum Gasteiger partial charge on any atom is 0.144 e. The van der Waals surface area contributed by atoms with Gasteiger partial charge in [0, 0.05) is 42.6 Å². The largest absolute Gasteiger partial charge is 0.494 e. The Morgan fingerprint density at radius 1 is 1.06 bits per heavy atom. The van der Waals surface area contributed by atoms with Gasteiger partial charge in [0.1, 0.15) is 11.3 Å². The highest BCUT2D eigenvalue weighted by molar-refractivity contribution is 5.93. The van der Waals surface area contributed by atoms with Crippen LogP contribution < -0.4 is 15.8 Å². The van der Waals surface area contributed by atoms with Gasteiger partial charge < -0.3 is 20.4 Å². The summed E-state index contributed by atoms with van der Waals surface area (Å²) in [4.78, 5) is 4.30. The summed E-state index contributed by atoms with van der Waals surface area (Å²) in [6.07, 6.45) is 8.10. The van der Waals surface area contributed by atoms with Gasteiger partial charge in [-0.05, 0) is 43.2 Å².